The highest BCUT2D eigenvalue weighted by atomic mass is 32.2. The van der Waals surface area contributed by atoms with Gasteiger partial charge in [0.25, 0.3) is 0 Å². The van der Waals surface area contributed by atoms with Gasteiger partial charge in [-0.05, 0) is 127 Å². The van der Waals surface area contributed by atoms with Gasteiger partial charge in [-0.15, -0.1) is 11.3 Å². The largest absolute Gasteiger partial charge is 0.306 e. The van der Waals surface area contributed by atoms with E-state index in [2.05, 4.69) is 348 Å². The maximum absolute atomic E-state index is 13.7. The van der Waals surface area contributed by atoms with Crippen molar-refractivity contribution >= 4 is 135 Å². The van der Waals surface area contributed by atoms with Crippen molar-refractivity contribution in [1.29, 1.82) is 10.5 Å². The van der Waals surface area contributed by atoms with Crippen molar-refractivity contribution in [2.75, 3.05) is 0 Å². The van der Waals surface area contributed by atoms with Crippen molar-refractivity contribution in [2.24, 2.45) is 5.92 Å². The molecule has 0 bridgehead atoms. The molecule has 2 atom stereocenters. The van der Waals surface area contributed by atoms with Crippen molar-refractivity contribution in [3.05, 3.63) is 331 Å². The lowest BCUT2D eigenvalue weighted by atomic mass is 9.83. The maximum atomic E-state index is 13.7. The zero-order valence-corrected chi connectivity index (χ0v) is 58.3. The average Bonchev–Trinajstić information content (AvgIpc) is 1.55. The van der Waals surface area contributed by atoms with E-state index >= 15 is 0 Å². The van der Waals surface area contributed by atoms with Crippen LogP contribution in [0.2, 0.25) is 0 Å². The Morgan fingerprint density at radius 3 is 1.38 bits per heavy atom. The van der Waals surface area contributed by atoms with Crippen LogP contribution in [-0.4, -0.2) is 18.3 Å². The Morgan fingerprint density at radius 2 is 0.777 bits per heavy atom. The van der Waals surface area contributed by atoms with E-state index in [0.717, 1.165) is 162 Å². The summed E-state index contributed by atoms with van der Waals surface area (Å²) in [6, 6.07) is 111. The molecule has 0 amide bonds. The summed E-state index contributed by atoms with van der Waals surface area (Å²) < 4.78 is 11.7. The number of benzene rings is 14. The summed E-state index contributed by atoms with van der Waals surface area (Å²) in [6.07, 6.45) is 2.40. The Morgan fingerprint density at radius 1 is 0.359 bits per heavy atom. The lowest BCUT2D eigenvalue weighted by Crippen LogP contribution is -2.18. The third-order valence-electron chi connectivity index (χ3n) is 21.9. The number of thiophene rings is 1. The zero-order valence-electron chi connectivity index (χ0n) is 56.7. The second-order valence-electron chi connectivity index (χ2n) is 27.3. The standard InChI is InChI=1S/C95H62N6S2/c1-56-53-57(2)102-59(4)89-86(58(56)3)88-74(65-33-11-10-32-63(65)60-27-6-5-7-28-60)43-26-49-84(88)100(89)92-77(54-96)91(99-81-46-21-16-38-70(81)71-39-17-22-47-82(71)99)93(78(55-97)90(92)98-79-44-19-14-36-68(79)69-37-15-20-45-80(69)98)101-83-48-25-42-73(67-35-13-12-34-66(67)64-41-24-30-61-29-8-9-31-62(61)64)87(83)76-52-51-75-72-40-18-23-50-85(72)103-95(75)94(76)101/h5-53,56,58H,4H2,1-3H3/b57-53+/t56?,58-/m1/s1. The third-order valence-corrected chi connectivity index (χ3v) is 24.0. The lowest BCUT2D eigenvalue weighted by Gasteiger charge is -2.28. The molecule has 6 heterocycles. The summed E-state index contributed by atoms with van der Waals surface area (Å²) in [5, 5.41) is 39.1. The van der Waals surface area contributed by atoms with Crippen LogP contribution >= 0.6 is 23.1 Å². The van der Waals surface area contributed by atoms with Crippen LogP contribution in [0.1, 0.15) is 49.1 Å². The minimum Gasteiger partial charge on any atom is -0.306 e. The molecule has 0 saturated carbocycles. The molecule has 19 aromatic rings. The molecular weight excluding hydrogens is 1290 g/mol. The van der Waals surface area contributed by atoms with E-state index in [4.69, 9.17) is 6.58 Å². The van der Waals surface area contributed by atoms with Crippen LogP contribution in [0.25, 0.3) is 179 Å². The summed E-state index contributed by atoms with van der Waals surface area (Å²) in [7, 11) is 0. The van der Waals surface area contributed by atoms with Gasteiger partial charge in [0, 0.05) is 58.1 Å². The summed E-state index contributed by atoms with van der Waals surface area (Å²) in [4.78, 5) is 1.98. The van der Waals surface area contributed by atoms with Crippen LogP contribution in [0.3, 0.4) is 0 Å². The predicted octanol–water partition coefficient (Wildman–Crippen LogP) is 26.2. The second kappa shape index (κ2) is 23.5. The van der Waals surface area contributed by atoms with Gasteiger partial charge in [-0.2, -0.15) is 10.5 Å². The molecule has 1 aliphatic heterocycles. The van der Waals surface area contributed by atoms with Gasteiger partial charge in [0.2, 0.25) is 0 Å². The Hall–Kier alpha value is -12.7. The highest BCUT2D eigenvalue weighted by molar-refractivity contribution is 8.11. The number of rotatable bonds is 8. The number of allylic oxidation sites excluding steroid dienone is 2. The van der Waals surface area contributed by atoms with Gasteiger partial charge < -0.3 is 18.3 Å². The second-order valence-corrected chi connectivity index (χ2v) is 29.7. The molecular formula is C95H62N6S2. The van der Waals surface area contributed by atoms with Gasteiger partial charge in [-0.3, -0.25) is 0 Å². The molecule has 1 unspecified atom stereocenters. The van der Waals surface area contributed by atoms with E-state index in [1.807, 2.05) is 0 Å². The molecule has 484 valence electrons. The lowest BCUT2D eigenvalue weighted by molar-refractivity contribution is 0.591. The highest BCUT2D eigenvalue weighted by Crippen LogP contribution is 2.56. The van der Waals surface area contributed by atoms with Crippen LogP contribution in [0.15, 0.2) is 309 Å². The first-order valence-corrected chi connectivity index (χ1v) is 36.8. The summed E-state index contributed by atoms with van der Waals surface area (Å²) in [5.41, 5.74) is 20.2. The van der Waals surface area contributed by atoms with Gasteiger partial charge in [0.05, 0.1) is 71.8 Å². The van der Waals surface area contributed by atoms with Crippen LogP contribution in [0.4, 0.5) is 0 Å². The topological polar surface area (TPSA) is 67.3 Å². The maximum Gasteiger partial charge on any atom is 0.104 e. The van der Waals surface area contributed by atoms with E-state index in [0.29, 0.717) is 33.9 Å². The van der Waals surface area contributed by atoms with Gasteiger partial charge >= 0.3 is 0 Å². The van der Waals surface area contributed by atoms with Crippen molar-refractivity contribution < 1.29 is 0 Å². The van der Waals surface area contributed by atoms with Crippen molar-refractivity contribution in [3.8, 4) is 79.4 Å². The first kappa shape index (κ1) is 60.3. The number of fused-ring (bicyclic) bond motifs is 17. The van der Waals surface area contributed by atoms with Crippen molar-refractivity contribution in [1.82, 2.24) is 18.3 Å². The van der Waals surface area contributed by atoms with E-state index in [1.165, 1.54) is 10.8 Å². The molecule has 0 saturated heterocycles. The monoisotopic (exact) mass is 1350 g/mol. The number of nitriles is 2. The molecule has 14 aromatic carbocycles. The molecule has 0 N–H and O–H groups in total. The summed E-state index contributed by atoms with van der Waals surface area (Å²) in [5.74, 6) is 0.0181. The molecule has 0 fully saturated rings. The van der Waals surface area contributed by atoms with Gasteiger partial charge in [-0.25, -0.2) is 0 Å². The fourth-order valence-corrected chi connectivity index (χ4v) is 19.7. The first-order chi connectivity index (χ1) is 50.8. The fraction of sp³-hybridized carbons (Fsp3) is 0.0526. The average molecular weight is 1350 g/mol. The Labute approximate surface area is 603 Å². The minimum absolute atomic E-state index is 0.0635. The van der Waals surface area contributed by atoms with Crippen LogP contribution in [0.5, 0.6) is 0 Å². The van der Waals surface area contributed by atoms with Gasteiger partial charge in [-0.1, -0.05) is 287 Å². The Bertz CT molecular complexity index is 6900. The van der Waals surface area contributed by atoms with Crippen LogP contribution in [-0.2, 0) is 0 Å². The van der Waals surface area contributed by atoms with Crippen molar-refractivity contribution in [3.63, 3.8) is 0 Å². The molecule has 0 spiro atoms. The molecule has 20 rings (SSSR count). The number of thioether (sulfide) groups is 1. The smallest absolute Gasteiger partial charge is 0.104 e. The number of hydrogen-bond acceptors (Lipinski definition) is 4. The van der Waals surface area contributed by atoms with Crippen LogP contribution < -0.4 is 0 Å². The molecule has 0 radical (unpaired) electrons. The molecule has 8 heteroatoms. The summed E-state index contributed by atoms with van der Waals surface area (Å²) in [6.45, 7) is 12.0. The molecule has 6 nitrogen and oxygen atoms in total. The Kier molecular flexibility index (Phi) is 13.7. The number of nitrogens with zero attached hydrogens (tertiary/aromatic N) is 6. The van der Waals surface area contributed by atoms with E-state index in [9.17, 15) is 10.5 Å². The molecule has 5 aromatic heterocycles. The fourth-order valence-electron chi connectivity index (χ4n) is 17.5. The van der Waals surface area contributed by atoms with E-state index < -0.39 is 0 Å². The quantitative estimate of drug-likeness (QED) is 0.152. The molecule has 103 heavy (non-hydrogen) atoms. The van der Waals surface area contributed by atoms with E-state index in [-0.39, 0.29) is 11.8 Å². The van der Waals surface area contributed by atoms with Crippen LogP contribution in [0, 0.1) is 28.6 Å². The third kappa shape index (κ3) is 8.79. The number of para-hydroxylation sites is 4. The first-order valence-electron chi connectivity index (χ1n) is 35.1. The van der Waals surface area contributed by atoms with E-state index in [1.54, 1.807) is 23.1 Å². The number of aromatic nitrogens is 4. The SMILES string of the molecule is C=C1S/C(C)=C/C(C)[C@@H](C)c2c1n(-c1c(C#N)c(-n3c4ccccc4c4ccccc43)c(-n3c4cccc(-c5ccccc5-c5cccc6ccccc56)c4c4ccc5c6ccccc6sc5c43)c(C#N)c1-n1c3ccccc3c3ccccc31)c1cccc(-c3ccccc3-c3ccccc3)c21. The number of hydrogen-bond donors (Lipinski definition) is 0. The minimum atomic E-state index is -0.0635. The van der Waals surface area contributed by atoms with Gasteiger partial charge in [0.15, 0.2) is 0 Å². The molecule has 1 aliphatic rings. The molecule has 0 aliphatic carbocycles. The highest BCUT2D eigenvalue weighted by Gasteiger charge is 2.39. The van der Waals surface area contributed by atoms with Crippen molar-refractivity contribution in [2.45, 2.75) is 26.7 Å². The normalized spacial score (nSPS) is 14.7. The zero-order chi connectivity index (χ0) is 68.9. The summed E-state index contributed by atoms with van der Waals surface area (Å²) >= 11 is 3.45. The Balaban J connectivity index is 1.05. The predicted molar refractivity (Wildman–Crippen MR) is 436 cm³/mol. The van der Waals surface area contributed by atoms with Gasteiger partial charge in [0.1, 0.15) is 23.3 Å².